The highest BCUT2D eigenvalue weighted by molar-refractivity contribution is 5.90. The Kier molecular flexibility index (Phi) is 6.46. The highest BCUT2D eigenvalue weighted by atomic mass is 16.6. The molecule has 1 heterocycles. The zero-order valence-corrected chi connectivity index (χ0v) is 15.8. The van der Waals surface area contributed by atoms with Crippen LogP contribution in [0.15, 0.2) is 48.5 Å². The van der Waals surface area contributed by atoms with E-state index in [1.54, 1.807) is 6.07 Å². The van der Waals surface area contributed by atoms with Gasteiger partial charge >= 0.3 is 0 Å². The molecule has 0 saturated heterocycles. The summed E-state index contributed by atoms with van der Waals surface area (Å²) in [6.07, 6.45) is 2.07. The molecule has 0 unspecified atom stereocenters. The Morgan fingerprint density at radius 3 is 2.76 bits per heavy atom. The summed E-state index contributed by atoms with van der Waals surface area (Å²) in [6.45, 7) is 2.60. The molecule has 0 atom stereocenters. The number of anilines is 1. The van der Waals surface area contributed by atoms with Crippen LogP contribution in [0.3, 0.4) is 0 Å². The van der Waals surface area contributed by atoms with Crippen molar-refractivity contribution in [3.05, 3.63) is 58.6 Å². The third kappa shape index (κ3) is 5.58. The summed E-state index contributed by atoms with van der Waals surface area (Å²) < 4.78 is 5.62. The largest absolute Gasteiger partial charge is 0.494 e. The average Bonchev–Trinajstić information content (AvgIpc) is 3.17. The maximum atomic E-state index is 12.2. The Labute approximate surface area is 166 Å². The van der Waals surface area contributed by atoms with E-state index in [1.807, 2.05) is 24.3 Å². The number of tetrazole rings is 1. The molecule has 0 aliphatic rings. The first kappa shape index (κ1) is 19.9. The van der Waals surface area contributed by atoms with Crippen LogP contribution >= 0.6 is 0 Å². The van der Waals surface area contributed by atoms with Gasteiger partial charge in [0.25, 0.3) is 5.69 Å². The number of carbonyl (C=O) groups excluding carboxylic acids is 1. The van der Waals surface area contributed by atoms with Crippen LogP contribution in [0.25, 0.3) is 11.4 Å². The molecule has 10 nitrogen and oxygen atoms in total. The lowest BCUT2D eigenvalue weighted by molar-refractivity contribution is -0.384. The van der Waals surface area contributed by atoms with Crippen molar-refractivity contribution in [3.8, 4) is 17.1 Å². The molecular weight excluding hydrogens is 376 g/mol. The molecule has 3 rings (SSSR count). The SMILES string of the molecule is CCCCOc1ccc(-c2nnn(CC(=O)Nc3cccc([N+](=O)[O-])c3)n2)cc1. The minimum atomic E-state index is -0.527. The fourth-order valence-corrected chi connectivity index (χ4v) is 2.49. The molecule has 0 saturated carbocycles. The molecule has 0 spiro atoms. The smallest absolute Gasteiger partial charge is 0.271 e. The van der Waals surface area contributed by atoms with Crippen molar-refractivity contribution in [2.75, 3.05) is 11.9 Å². The summed E-state index contributed by atoms with van der Waals surface area (Å²) in [5.41, 5.74) is 0.965. The Morgan fingerprint density at radius 1 is 1.24 bits per heavy atom. The second-order valence-corrected chi connectivity index (χ2v) is 6.23. The van der Waals surface area contributed by atoms with Crippen LogP contribution in [0.1, 0.15) is 19.8 Å². The van der Waals surface area contributed by atoms with Gasteiger partial charge in [-0.1, -0.05) is 19.4 Å². The lowest BCUT2D eigenvalue weighted by atomic mass is 10.2. The monoisotopic (exact) mass is 396 g/mol. The van der Waals surface area contributed by atoms with Crippen molar-refractivity contribution in [2.24, 2.45) is 0 Å². The van der Waals surface area contributed by atoms with Crippen molar-refractivity contribution in [1.82, 2.24) is 20.2 Å². The van der Waals surface area contributed by atoms with Crippen molar-refractivity contribution in [1.29, 1.82) is 0 Å². The van der Waals surface area contributed by atoms with Crippen molar-refractivity contribution >= 4 is 17.3 Å². The van der Waals surface area contributed by atoms with Crippen molar-refractivity contribution in [2.45, 2.75) is 26.3 Å². The summed E-state index contributed by atoms with van der Waals surface area (Å²) in [6, 6.07) is 13.0. The molecule has 2 aromatic carbocycles. The topological polar surface area (TPSA) is 125 Å². The van der Waals surface area contributed by atoms with Gasteiger partial charge in [-0.2, -0.15) is 4.80 Å². The number of rotatable bonds is 9. The standard InChI is InChI=1S/C19H20N6O4/c1-2-3-11-29-17-9-7-14(8-10-17)19-21-23-24(22-19)13-18(26)20-15-5-4-6-16(12-15)25(27)28/h4-10,12H,2-3,11,13H2,1H3,(H,20,26). The van der Waals surface area contributed by atoms with Gasteiger partial charge in [0.05, 0.1) is 11.5 Å². The molecule has 0 bridgehead atoms. The van der Waals surface area contributed by atoms with E-state index in [9.17, 15) is 14.9 Å². The van der Waals surface area contributed by atoms with Gasteiger partial charge in [-0.15, -0.1) is 10.2 Å². The third-order valence-electron chi connectivity index (χ3n) is 3.96. The maximum absolute atomic E-state index is 12.2. The Hall–Kier alpha value is -3.82. The molecule has 0 fully saturated rings. The number of nitro benzene ring substituents is 1. The minimum absolute atomic E-state index is 0.105. The van der Waals surface area contributed by atoms with Gasteiger partial charge in [-0.3, -0.25) is 14.9 Å². The van der Waals surface area contributed by atoms with Crippen molar-refractivity contribution in [3.63, 3.8) is 0 Å². The number of hydrogen-bond donors (Lipinski definition) is 1. The molecule has 150 valence electrons. The van der Waals surface area contributed by atoms with Crippen LogP contribution < -0.4 is 10.1 Å². The Morgan fingerprint density at radius 2 is 2.03 bits per heavy atom. The van der Waals surface area contributed by atoms with Gasteiger partial charge < -0.3 is 10.1 Å². The summed E-state index contributed by atoms with van der Waals surface area (Å²) in [5, 5.41) is 25.4. The first-order chi connectivity index (χ1) is 14.0. The number of benzene rings is 2. The van der Waals surface area contributed by atoms with E-state index in [1.165, 1.54) is 18.2 Å². The lowest BCUT2D eigenvalue weighted by Crippen LogP contribution is -2.20. The van der Waals surface area contributed by atoms with E-state index >= 15 is 0 Å². The molecule has 1 N–H and O–H groups in total. The number of nitrogens with zero attached hydrogens (tertiary/aromatic N) is 5. The molecular formula is C19H20N6O4. The first-order valence-corrected chi connectivity index (χ1v) is 9.10. The van der Waals surface area contributed by atoms with Crippen LogP contribution in [0.4, 0.5) is 11.4 Å². The number of non-ortho nitro benzene ring substituents is 1. The van der Waals surface area contributed by atoms with E-state index in [-0.39, 0.29) is 12.2 Å². The molecule has 0 aliphatic carbocycles. The highest BCUT2D eigenvalue weighted by Gasteiger charge is 2.12. The number of ether oxygens (including phenoxy) is 1. The number of carbonyl (C=O) groups is 1. The second kappa shape index (κ2) is 9.40. The van der Waals surface area contributed by atoms with Crippen LogP contribution in [0.2, 0.25) is 0 Å². The van der Waals surface area contributed by atoms with Crippen LogP contribution in [0.5, 0.6) is 5.75 Å². The van der Waals surface area contributed by atoms with Gasteiger partial charge in [-0.25, -0.2) is 0 Å². The molecule has 29 heavy (non-hydrogen) atoms. The van der Waals surface area contributed by atoms with E-state index in [0.29, 0.717) is 18.1 Å². The minimum Gasteiger partial charge on any atom is -0.494 e. The third-order valence-corrected chi connectivity index (χ3v) is 3.96. The van der Waals surface area contributed by atoms with Gasteiger partial charge in [0, 0.05) is 23.4 Å². The van der Waals surface area contributed by atoms with Gasteiger partial charge in [0.15, 0.2) is 0 Å². The summed E-state index contributed by atoms with van der Waals surface area (Å²) in [5.74, 6) is 0.730. The average molecular weight is 396 g/mol. The highest BCUT2D eigenvalue weighted by Crippen LogP contribution is 2.19. The predicted molar refractivity (Wildman–Crippen MR) is 105 cm³/mol. The van der Waals surface area contributed by atoms with E-state index in [4.69, 9.17) is 4.74 Å². The zero-order chi connectivity index (χ0) is 20.6. The Bertz CT molecular complexity index is 986. The molecule has 3 aromatic rings. The maximum Gasteiger partial charge on any atom is 0.271 e. The quantitative estimate of drug-likeness (QED) is 0.335. The first-order valence-electron chi connectivity index (χ1n) is 9.10. The van der Waals surface area contributed by atoms with E-state index < -0.39 is 10.8 Å². The number of nitrogens with one attached hydrogen (secondary N) is 1. The number of unbranched alkanes of at least 4 members (excludes halogenated alkanes) is 1. The van der Waals surface area contributed by atoms with E-state index in [2.05, 4.69) is 27.7 Å². The number of amides is 1. The number of aromatic nitrogens is 4. The van der Waals surface area contributed by atoms with Crippen LogP contribution in [-0.2, 0) is 11.3 Å². The molecule has 10 heteroatoms. The lowest BCUT2D eigenvalue weighted by Gasteiger charge is -2.05. The number of hydrogen-bond acceptors (Lipinski definition) is 7. The molecule has 1 amide bonds. The predicted octanol–water partition coefficient (Wildman–Crippen LogP) is 3.07. The summed E-state index contributed by atoms with van der Waals surface area (Å²) in [4.78, 5) is 23.6. The molecule has 0 radical (unpaired) electrons. The molecule has 1 aromatic heterocycles. The van der Waals surface area contributed by atoms with Crippen LogP contribution in [-0.4, -0.2) is 37.6 Å². The van der Waals surface area contributed by atoms with Gasteiger partial charge in [-0.05, 0) is 42.0 Å². The fourth-order valence-electron chi connectivity index (χ4n) is 2.49. The summed E-state index contributed by atoms with van der Waals surface area (Å²) >= 11 is 0. The zero-order valence-electron chi connectivity index (χ0n) is 15.8. The normalized spacial score (nSPS) is 10.5. The molecule has 0 aliphatic heterocycles. The number of nitro groups is 1. The van der Waals surface area contributed by atoms with Gasteiger partial charge in [0.1, 0.15) is 12.3 Å². The van der Waals surface area contributed by atoms with Crippen molar-refractivity contribution < 1.29 is 14.5 Å². The Balaban J connectivity index is 1.59. The fraction of sp³-hybridized carbons (Fsp3) is 0.263. The second-order valence-electron chi connectivity index (χ2n) is 6.23. The van der Waals surface area contributed by atoms with E-state index in [0.717, 1.165) is 29.0 Å². The summed E-state index contributed by atoms with van der Waals surface area (Å²) in [7, 11) is 0. The van der Waals surface area contributed by atoms with Crippen LogP contribution in [0, 0.1) is 10.1 Å². The van der Waals surface area contributed by atoms with Gasteiger partial charge in [0.2, 0.25) is 11.7 Å².